The zero-order chi connectivity index (χ0) is 16.9. The highest BCUT2D eigenvalue weighted by atomic mass is 16.5. The molecule has 0 N–H and O–H groups in total. The van der Waals surface area contributed by atoms with E-state index in [1.165, 1.54) is 21.9 Å². The van der Waals surface area contributed by atoms with Crippen LogP contribution < -0.4 is 4.57 Å². The third-order valence-electron chi connectivity index (χ3n) is 4.15. The topological polar surface area (TPSA) is 30.2 Å². The van der Waals surface area contributed by atoms with E-state index in [1.54, 1.807) is 0 Å². The summed E-state index contributed by atoms with van der Waals surface area (Å²) < 4.78 is 7.12. The zero-order valence-corrected chi connectivity index (χ0v) is 14.2. The molecule has 122 valence electrons. The van der Waals surface area contributed by atoms with Gasteiger partial charge in [0.05, 0.1) is 13.0 Å². The number of hydrogen-bond acceptors (Lipinski definition) is 2. The highest BCUT2D eigenvalue weighted by Crippen LogP contribution is 2.18. The summed E-state index contributed by atoms with van der Waals surface area (Å²) in [6, 6.07) is 18.9. The first-order valence-corrected chi connectivity index (χ1v) is 8.28. The van der Waals surface area contributed by atoms with Crippen LogP contribution in [-0.4, -0.2) is 12.6 Å². The molecule has 0 aliphatic rings. The van der Waals surface area contributed by atoms with Crippen LogP contribution in [0.3, 0.4) is 0 Å². The Balaban J connectivity index is 2.03. The number of nitrogens with zero attached hydrogens (tertiary/aromatic N) is 1. The molecule has 24 heavy (non-hydrogen) atoms. The standard InChI is InChI=1S/C21H22NO2/c1-3-24-21(23)15-22-13-12-18-6-4-5-7-19(18)20(22)14-17-10-8-16(2)9-11-17/h4-13H,3,14-15H2,1-2H3/q+1. The maximum Gasteiger partial charge on any atom is 0.372 e. The van der Waals surface area contributed by atoms with Gasteiger partial charge in [0.25, 0.3) is 0 Å². The number of rotatable bonds is 5. The van der Waals surface area contributed by atoms with Crippen molar-refractivity contribution in [3.63, 3.8) is 0 Å². The van der Waals surface area contributed by atoms with Gasteiger partial charge < -0.3 is 4.74 Å². The fourth-order valence-electron chi connectivity index (χ4n) is 2.91. The van der Waals surface area contributed by atoms with Crippen LogP contribution in [0.25, 0.3) is 10.8 Å². The van der Waals surface area contributed by atoms with Crippen LogP contribution in [0, 0.1) is 6.92 Å². The Labute approximate surface area is 142 Å². The summed E-state index contributed by atoms with van der Waals surface area (Å²) >= 11 is 0. The van der Waals surface area contributed by atoms with Gasteiger partial charge in [-0.2, -0.15) is 4.57 Å². The average Bonchev–Trinajstić information content (AvgIpc) is 2.59. The van der Waals surface area contributed by atoms with Gasteiger partial charge in [-0.1, -0.05) is 48.0 Å². The van der Waals surface area contributed by atoms with Crippen molar-refractivity contribution in [2.75, 3.05) is 6.61 Å². The summed E-state index contributed by atoms with van der Waals surface area (Å²) in [6.45, 7) is 4.55. The van der Waals surface area contributed by atoms with Crippen molar-refractivity contribution in [2.24, 2.45) is 0 Å². The van der Waals surface area contributed by atoms with E-state index in [2.05, 4.69) is 43.3 Å². The van der Waals surface area contributed by atoms with E-state index in [1.807, 2.05) is 35.9 Å². The Bertz CT molecular complexity index is 853. The first kappa shape index (κ1) is 16.2. The quantitative estimate of drug-likeness (QED) is 0.531. The van der Waals surface area contributed by atoms with Gasteiger partial charge in [-0.25, -0.2) is 4.79 Å². The number of fused-ring (bicyclic) bond motifs is 1. The smallest absolute Gasteiger partial charge is 0.372 e. The van der Waals surface area contributed by atoms with Crippen molar-refractivity contribution < 1.29 is 14.1 Å². The SMILES string of the molecule is CCOC(=O)C[n+]1ccc2ccccc2c1Cc1ccc(C)cc1. The summed E-state index contributed by atoms with van der Waals surface area (Å²) in [6.07, 6.45) is 2.75. The van der Waals surface area contributed by atoms with Crippen LogP contribution in [0.4, 0.5) is 0 Å². The fourth-order valence-corrected chi connectivity index (χ4v) is 2.91. The zero-order valence-electron chi connectivity index (χ0n) is 14.2. The van der Waals surface area contributed by atoms with Gasteiger partial charge in [0.2, 0.25) is 6.54 Å². The van der Waals surface area contributed by atoms with Gasteiger partial charge in [0.15, 0.2) is 11.9 Å². The lowest BCUT2D eigenvalue weighted by molar-refractivity contribution is -0.691. The van der Waals surface area contributed by atoms with Crippen molar-refractivity contribution in [3.8, 4) is 0 Å². The molecule has 3 nitrogen and oxygen atoms in total. The van der Waals surface area contributed by atoms with E-state index in [4.69, 9.17) is 4.74 Å². The summed E-state index contributed by atoms with van der Waals surface area (Å²) in [5.74, 6) is -0.206. The van der Waals surface area contributed by atoms with E-state index in [0.717, 1.165) is 12.1 Å². The predicted octanol–water partition coefficient (Wildman–Crippen LogP) is 3.59. The summed E-state index contributed by atoms with van der Waals surface area (Å²) in [7, 11) is 0. The monoisotopic (exact) mass is 320 g/mol. The normalized spacial score (nSPS) is 10.8. The largest absolute Gasteiger partial charge is 0.461 e. The molecule has 3 aromatic rings. The second-order valence-electron chi connectivity index (χ2n) is 5.94. The van der Waals surface area contributed by atoms with E-state index in [0.29, 0.717) is 6.61 Å². The van der Waals surface area contributed by atoms with Crippen LogP contribution in [0.2, 0.25) is 0 Å². The highest BCUT2D eigenvalue weighted by molar-refractivity contribution is 5.83. The molecule has 3 rings (SSSR count). The number of carbonyl (C=O) groups is 1. The van der Waals surface area contributed by atoms with E-state index in [-0.39, 0.29) is 12.5 Å². The predicted molar refractivity (Wildman–Crippen MR) is 94.8 cm³/mol. The molecule has 0 saturated heterocycles. The molecule has 0 aliphatic carbocycles. The minimum Gasteiger partial charge on any atom is -0.461 e. The Kier molecular flexibility index (Phi) is 4.90. The molecule has 1 aromatic heterocycles. The molecule has 0 bridgehead atoms. The Morgan fingerprint density at radius 1 is 1.04 bits per heavy atom. The van der Waals surface area contributed by atoms with Gasteiger partial charge in [-0.05, 0) is 30.9 Å². The van der Waals surface area contributed by atoms with Crippen LogP contribution in [0.1, 0.15) is 23.7 Å². The van der Waals surface area contributed by atoms with Crippen molar-refractivity contribution in [1.29, 1.82) is 0 Å². The first-order chi connectivity index (χ1) is 11.7. The molecule has 0 spiro atoms. The lowest BCUT2D eigenvalue weighted by atomic mass is 10.0. The lowest BCUT2D eigenvalue weighted by Gasteiger charge is -2.08. The molecule has 0 atom stereocenters. The summed E-state index contributed by atoms with van der Waals surface area (Å²) in [4.78, 5) is 12.0. The van der Waals surface area contributed by atoms with Gasteiger partial charge in [-0.3, -0.25) is 0 Å². The highest BCUT2D eigenvalue weighted by Gasteiger charge is 2.19. The van der Waals surface area contributed by atoms with E-state index >= 15 is 0 Å². The molecule has 0 aliphatic heterocycles. The number of benzene rings is 2. The summed E-state index contributed by atoms with van der Waals surface area (Å²) in [5.41, 5.74) is 3.61. The Morgan fingerprint density at radius 2 is 1.79 bits per heavy atom. The van der Waals surface area contributed by atoms with Crippen LogP contribution >= 0.6 is 0 Å². The van der Waals surface area contributed by atoms with Crippen LogP contribution in [-0.2, 0) is 22.5 Å². The van der Waals surface area contributed by atoms with E-state index in [9.17, 15) is 4.79 Å². The molecule has 1 heterocycles. The number of aryl methyl sites for hydroxylation is 1. The molecule has 3 heteroatoms. The second-order valence-corrected chi connectivity index (χ2v) is 5.94. The van der Waals surface area contributed by atoms with Gasteiger partial charge in [0, 0.05) is 11.5 Å². The first-order valence-electron chi connectivity index (χ1n) is 8.28. The van der Waals surface area contributed by atoms with Crippen molar-refractivity contribution in [3.05, 3.63) is 77.6 Å². The third-order valence-corrected chi connectivity index (χ3v) is 4.15. The number of hydrogen-bond donors (Lipinski definition) is 0. The van der Waals surface area contributed by atoms with Crippen molar-refractivity contribution >= 4 is 16.7 Å². The molecule has 2 aromatic carbocycles. The molecule has 0 amide bonds. The summed E-state index contributed by atoms with van der Waals surface area (Å²) in [5, 5.41) is 2.35. The molecular formula is C21H22NO2+. The minimum atomic E-state index is -0.206. The molecule has 0 fully saturated rings. The number of aromatic nitrogens is 1. The fraction of sp³-hybridized carbons (Fsp3) is 0.238. The number of ether oxygens (including phenoxy) is 1. The molecule has 0 unspecified atom stereocenters. The number of carbonyl (C=O) groups excluding carboxylic acids is 1. The Morgan fingerprint density at radius 3 is 2.54 bits per heavy atom. The molecular weight excluding hydrogens is 298 g/mol. The van der Waals surface area contributed by atoms with Crippen molar-refractivity contribution in [2.45, 2.75) is 26.8 Å². The van der Waals surface area contributed by atoms with Crippen molar-refractivity contribution in [1.82, 2.24) is 0 Å². The van der Waals surface area contributed by atoms with Gasteiger partial charge in [-0.15, -0.1) is 0 Å². The molecule has 0 saturated carbocycles. The van der Waals surface area contributed by atoms with Crippen LogP contribution in [0.15, 0.2) is 60.8 Å². The average molecular weight is 320 g/mol. The Hall–Kier alpha value is -2.68. The van der Waals surface area contributed by atoms with Gasteiger partial charge in [0.1, 0.15) is 0 Å². The second kappa shape index (κ2) is 7.26. The lowest BCUT2D eigenvalue weighted by Crippen LogP contribution is -2.42. The maximum atomic E-state index is 12.0. The number of pyridine rings is 1. The van der Waals surface area contributed by atoms with Crippen LogP contribution in [0.5, 0.6) is 0 Å². The number of esters is 1. The van der Waals surface area contributed by atoms with E-state index < -0.39 is 0 Å². The third kappa shape index (κ3) is 3.62. The van der Waals surface area contributed by atoms with Gasteiger partial charge >= 0.3 is 5.97 Å². The molecule has 0 radical (unpaired) electrons. The minimum absolute atomic E-state index is 0.206. The maximum absolute atomic E-state index is 12.0.